The van der Waals surface area contributed by atoms with Crippen LogP contribution in [0, 0.1) is 0 Å². The molecule has 184 valence electrons. The van der Waals surface area contributed by atoms with Crippen LogP contribution < -0.4 is 18.9 Å². The van der Waals surface area contributed by atoms with Crippen LogP contribution in [0.25, 0.3) is 0 Å². The van der Waals surface area contributed by atoms with Gasteiger partial charge in [0.1, 0.15) is 5.75 Å². The largest absolute Gasteiger partial charge is 0.497 e. The molecule has 1 atom stereocenters. The Morgan fingerprint density at radius 3 is 1.97 bits per heavy atom. The van der Waals surface area contributed by atoms with Gasteiger partial charge in [-0.15, -0.1) is 0 Å². The first-order valence-corrected chi connectivity index (χ1v) is 12.5. The lowest BCUT2D eigenvalue weighted by Crippen LogP contribution is -2.27. The molecule has 1 heterocycles. The first kappa shape index (κ1) is 24.7. The molecule has 8 nitrogen and oxygen atoms in total. The van der Waals surface area contributed by atoms with E-state index in [-0.39, 0.29) is 4.90 Å². The SMILES string of the molecule is COc1ccc(C2=NN(S(=O)(=O)c3ccc(Cl)cc3)C(c3cc(OC)c(OC)c(OC)c3)C2)cc1. The Bertz CT molecular complexity index is 1320. The van der Waals surface area contributed by atoms with E-state index in [0.29, 0.717) is 45.7 Å². The summed E-state index contributed by atoms with van der Waals surface area (Å²) in [6.07, 6.45) is 0.331. The van der Waals surface area contributed by atoms with E-state index in [1.807, 2.05) is 24.3 Å². The molecule has 3 aromatic carbocycles. The van der Waals surface area contributed by atoms with E-state index >= 15 is 0 Å². The summed E-state index contributed by atoms with van der Waals surface area (Å²) >= 11 is 5.98. The molecule has 0 N–H and O–H groups in total. The van der Waals surface area contributed by atoms with E-state index in [4.69, 9.17) is 30.5 Å². The summed E-state index contributed by atoms with van der Waals surface area (Å²) in [5.74, 6) is 1.95. The number of hydrogen-bond donors (Lipinski definition) is 0. The van der Waals surface area contributed by atoms with Crippen molar-refractivity contribution in [1.82, 2.24) is 4.41 Å². The van der Waals surface area contributed by atoms with Crippen molar-refractivity contribution in [3.05, 3.63) is 76.8 Å². The quantitative estimate of drug-likeness (QED) is 0.422. The summed E-state index contributed by atoms with van der Waals surface area (Å²) in [4.78, 5) is 0.0825. The minimum atomic E-state index is -4.01. The summed E-state index contributed by atoms with van der Waals surface area (Å²) in [6, 6.07) is 16.1. The Morgan fingerprint density at radius 1 is 0.857 bits per heavy atom. The Morgan fingerprint density at radius 2 is 1.46 bits per heavy atom. The highest BCUT2D eigenvalue weighted by molar-refractivity contribution is 7.89. The molecular formula is C25H25ClN2O6S. The lowest BCUT2D eigenvalue weighted by molar-refractivity contribution is 0.319. The first-order chi connectivity index (χ1) is 16.8. The molecule has 0 amide bonds. The van der Waals surface area contributed by atoms with Crippen molar-refractivity contribution in [2.24, 2.45) is 5.10 Å². The molecule has 0 spiro atoms. The molecule has 1 aliphatic heterocycles. The molecule has 0 fully saturated rings. The second-order valence-electron chi connectivity index (χ2n) is 7.69. The molecule has 35 heavy (non-hydrogen) atoms. The monoisotopic (exact) mass is 516 g/mol. The molecule has 1 aliphatic rings. The Labute approximate surface area is 209 Å². The molecule has 0 bridgehead atoms. The number of hydrazone groups is 1. The number of sulfonamides is 1. The van der Waals surface area contributed by atoms with Gasteiger partial charge in [0.05, 0.1) is 45.1 Å². The summed E-state index contributed by atoms with van der Waals surface area (Å²) < 4.78 is 50.2. The van der Waals surface area contributed by atoms with Crippen LogP contribution in [0.5, 0.6) is 23.0 Å². The zero-order chi connectivity index (χ0) is 25.2. The maximum absolute atomic E-state index is 13.7. The molecule has 3 aromatic rings. The van der Waals surface area contributed by atoms with Crippen LogP contribution in [-0.4, -0.2) is 47.0 Å². The van der Waals surface area contributed by atoms with Crippen LogP contribution in [0.1, 0.15) is 23.6 Å². The summed E-state index contributed by atoms with van der Waals surface area (Å²) in [6.45, 7) is 0. The van der Waals surface area contributed by atoms with Gasteiger partial charge in [0.2, 0.25) is 5.75 Å². The van der Waals surface area contributed by atoms with Gasteiger partial charge in [0, 0.05) is 11.4 Å². The van der Waals surface area contributed by atoms with Gasteiger partial charge >= 0.3 is 0 Å². The van der Waals surface area contributed by atoms with Crippen molar-refractivity contribution in [2.45, 2.75) is 17.4 Å². The van der Waals surface area contributed by atoms with Crippen LogP contribution >= 0.6 is 11.6 Å². The number of ether oxygens (including phenoxy) is 4. The Kier molecular flexibility index (Phi) is 7.09. The highest BCUT2D eigenvalue weighted by atomic mass is 35.5. The first-order valence-electron chi connectivity index (χ1n) is 10.6. The number of rotatable bonds is 8. The number of methoxy groups -OCH3 is 4. The number of benzene rings is 3. The van der Waals surface area contributed by atoms with Crippen molar-refractivity contribution in [3.63, 3.8) is 0 Å². The van der Waals surface area contributed by atoms with Gasteiger partial charge in [-0.05, 0) is 71.8 Å². The lowest BCUT2D eigenvalue weighted by Gasteiger charge is -2.25. The topological polar surface area (TPSA) is 86.7 Å². The lowest BCUT2D eigenvalue weighted by atomic mass is 9.98. The predicted octanol–water partition coefficient (Wildman–Crippen LogP) is 4.91. The number of nitrogens with zero attached hydrogens (tertiary/aromatic N) is 2. The molecule has 10 heteroatoms. The number of halogens is 1. The van der Waals surface area contributed by atoms with E-state index in [2.05, 4.69) is 5.10 Å². The van der Waals surface area contributed by atoms with Gasteiger partial charge in [-0.2, -0.15) is 17.9 Å². The van der Waals surface area contributed by atoms with Gasteiger partial charge < -0.3 is 18.9 Å². The van der Waals surface area contributed by atoms with E-state index in [1.165, 1.54) is 45.6 Å². The van der Waals surface area contributed by atoms with Gasteiger partial charge in [-0.3, -0.25) is 0 Å². The Hall–Kier alpha value is -3.43. The van der Waals surface area contributed by atoms with Gasteiger partial charge in [-0.1, -0.05) is 11.6 Å². The molecule has 4 rings (SSSR count). The zero-order valence-corrected chi connectivity index (χ0v) is 21.3. The normalized spacial score (nSPS) is 15.5. The van der Waals surface area contributed by atoms with E-state index in [9.17, 15) is 8.42 Å². The second-order valence-corrected chi connectivity index (χ2v) is 9.92. The summed E-state index contributed by atoms with van der Waals surface area (Å²) in [7, 11) is 2.11. The predicted molar refractivity (Wildman–Crippen MR) is 133 cm³/mol. The fraction of sp³-hybridized carbons (Fsp3) is 0.240. The molecule has 1 unspecified atom stereocenters. The Balaban J connectivity index is 1.84. The van der Waals surface area contributed by atoms with Crippen LogP contribution in [-0.2, 0) is 10.0 Å². The van der Waals surface area contributed by atoms with Crippen LogP contribution in [0.4, 0.5) is 0 Å². The van der Waals surface area contributed by atoms with Crippen molar-refractivity contribution in [3.8, 4) is 23.0 Å². The van der Waals surface area contributed by atoms with E-state index < -0.39 is 16.1 Å². The molecule has 0 saturated carbocycles. The molecule has 0 saturated heterocycles. The molecule has 0 aliphatic carbocycles. The third-order valence-corrected chi connectivity index (χ3v) is 7.67. The van der Waals surface area contributed by atoms with Gasteiger partial charge in [0.15, 0.2) is 11.5 Å². The summed E-state index contributed by atoms with van der Waals surface area (Å²) in [5.41, 5.74) is 2.05. The second kappa shape index (κ2) is 10.1. The molecule has 0 aromatic heterocycles. The minimum absolute atomic E-state index is 0.0825. The van der Waals surface area contributed by atoms with E-state index in [1.54, 1.807) is 19.2 Å². The minimum Gasteiger partial charge on any atom is -0.497 e. The van der Waals surface area contributed by atoms with Crippen molar-refractivity contribution >= 4 is 27.3 Å². The maximum atomic E-state index is 13.7. The zero-order valence-electron chi connectivity index (χ0n) is 19.7. The fourth-order valence-corrected chi connectivity index (χ4v) is 5.48. The smallest absolute Gasteiger partial charge is 0.279 e. The van der Waals surface area contributed by atoms with Crippen LogP contribution in [0.2, 0.25) is 5.02 Å². The van der Waals surface area contributed by atoms with E-state index in [0.717, 1.165) is 9.98 Å². The third-order valence-electron chi connectivity index (χ3n) is 5.73. The standard InChI is InChI=1S/C25H25ClN2O6S/c1-31-19-9-5-16(6-10-19)21-15-22(17-13-23(32-2)25(34-4)24(14-17)33-3)28(27-21)35(29,30)20-11-7-18(26)8-12-20/h5-14,22H,15H2,1-4H3. The molecular weight excluding hydrogens is 492 g/mol. The van der Waals surface area contributed by atoms with Gasteiger partial charge in [0.25, 0.3) is 10.0 Å². The third kappa shape index (κ3) is 4.74. The average molecular weight is 517 g/mol. The average Bonchev–Trinajstić information content (AvgIpc) is 3.34. The molecule has 0 radical (unpaired) electrons. The van der Waals surface area contributed by atoms with Crippen molar-refractivity contribution in [2.75, 3.05) is 28.4 Å². The summed E-state index contributed by atoms with van der Waals surface area (Å²) in [5, 5.41) is 5.01. The van der Waals surface area contributed by atoms with Gasteiger partial charge in [-0.25, -0.2) is 0 Å². The van der Waals surface area contributed by atoms with Crippen LogP contribution in [0.15, 0.2) is 70.7 Å². The van der Waals surface area contributed by atoms with Crippen molar-refractivity contribution < 1.29 is 27.4 Å². The highest BCUT2D eigenvalue weighted by Gasteiger charge is 2.38. The highest BCUT2D eigenvalue weighted by Crippen LogP contribution is 2.44. The maximum Gasteiger partial charge on any atom is 0.279 e. The van der Waals surface area contributed by atoms with Crippen molar-refractivity contribution in [1.29, 1.82) is 0 Å². The van der Waals surface area contributed by atoms with Crippen LogP contribution in [0.3, 0.4) is 0 Å². The number of hydrogen-bond acceptors (Lipinski definition) is 7. The fourth-order valence-electron chi connectivity index (χ4n) is 3.92.